The number of nitrogens with zero attached hydrogens (tertiary/aromatic N) is 4. The van der Waals surface area contributed by atoms with E-state index in [0.717, 1.165) is 38.3 Å². The summed E-state index contributed by atoms with van der Waals surface area (Å²) in [5.74, 6) is 0.424. The number of β-amino-alcohol motifs (C(OH)–C–C–N with tert-alkyl or cyclic N) is 1. The standard InChI is InChI=1S/C14H24N4O2/c1-3-10(2)12-6-18(16-15-12)13-4-5-17(7-14(13)19)11-8-20-9-11/h6,10-11,13-14,19H,3-5,7-9H2,1-2H3/t10?,13-,14-/m1/s1. The summed E-state index contributed by atoms with van der Waals surface area (Å²) in [6.45, 7) is 7.62. The fourth-order valence-electron chi connectivity index (χ4n) is 2.91. The van der Waals surface area contributed by atoms with E-state index in [2.05, 4.69) is 29.1 Å². The van der Waals surface area contributed by atoms with E-state index >= 15 is 0 Å². The van der Waals surface area contributed by atoms with Crippen LogP contribution in [0.5, 0.6) is 0 Å². The number of likely N-dealkylation sites (tertiary alicyclic amines) is 1. The molecule has 6 heteroatoms. The fraction of sp³-hybridized carbons (Fsp3) is 0.857. The number of aromatic nitrogens is 3. The molecule has 3 rings (SSSR count). The zero-order chi connectivity index (χ0) is 14.1. The Morgan fingerprint density at radius 1 is 1.50 bits per heavy atom. The molecular formula is C14H24N4O2. The van der Waals surface area contributed by atoms with E-state index in [4.69, 9.17) is 4.74 Å². The average Bonchev–Trinajstić information content (AvgIpc) is 2.85. The molecule has 0 saturated carbocycles. The van der Waals surface area contributed by atoms with Crippen LogP contribution in [0.2, 0.25) is 0 Å². The molecule has 2 fully saturated rings. The lowest BCUT2D eigenvalue weighted by Gasteiger charge is -2.43. The minimum atomic E-state index is -0.379. The highest BCUT2D eigenvalue weighted by Crippen LogP contribution is 2.26. The van der Waals surface area contributed by atoms with Crippen molar-refractivity contribution in [1.29, 1.82) is 0 Å². The number of aliphatic hydroxyl groups excluding tert-OH is 1. The van der Waals surface area contributed by atoms with E-state index in [1.54, 1.807) is 0 Å². The van der Waals surface area contributed by atoms with E-state index in [9.17, 15) is 5.11 Å². The van der Waals surface area contributed by atoms with Crippen LogP contribution in [-0.2, 0) is 4.74 Å². The lowest BCUT2D eigenvalue weighted by molar-refractivity contribution is -0.0947. The summed E-state index contributed by atoms with van der Waals surface area (Å²) in [5.41, 5.74) is 1.02. The Labute approximate surface area is 119 Å². The van der Waals surface area contributed by atoms with E-state index in [1.165, 1.54) is 0 Å². The summed E-state index contributed by atoms with van der Waals surface area (Å²) < 4.78 is 7.09. The molecule has 0 aromatic carbocycles. The SMILES string of the molecule is CCC(C)c1cn([C@@H]2CCN(C3COC3)C[C@H]2O)nn1. The number of aliphatic hydroxyl groups is 1. The summed E-state index contributed by atoms with van der Waals surface area (Å²) in [6, 6.07) is 0.551. The number of hydrogen-bond donors (Lipinski definition) is 1. The molecule has 0 spiro atoms. The van der Waals surface area contributed by atoms with E-state index in [1.807, 2.05) is 10.9 Å². The third-order valence-corrected chi connectivity index (χ3v) is 4.70. The zero-order valence-corrected chi connectivity index (χ0v) is 12.3. The van der Waals surface area contributed by atoms with Gasteiger partial charge < -0.3 is 9.84 Å². The van der Waals surface area contributed by atoms with Gasteiger partial charge in [-0.25, -0.2) is 4.68 Å². The van der Waals surface area contributed by atoms with Crippen LogP contribution in [0.25, 0.3) is 0 Å². The fourth-order valence-corrected chi connectivity index (χ4v) is 2.91. The number of piperidine rings is 1. The molecule has 6 nitrogen and oxygen atoms in total. The Morgan fingerprint density at radius 2 is 2.30 bits per heavy atom. The van der Waals surface area contributed by atoms with Gasteiger partial charge in [0.15, 0.2) is 0 Å². The first-order chi connectivity index (χ1) is 9.69. The Kier molecular flexibility index (Phi) is 4.05. The summed E-state index contributed by atoms with van der Waals surface area (Å²) in [7, 11) is 0. The summed E-state index contributed by atoms with van der Waals surface area (Å²) in [4.78, 5) is 2.33. The summed E-state index contributed by atoms with van der Waals surface area (Å²) in [5, 5.41) is 18.9. The van der Waals surface area contributed by atoms with E-state index in [-0.39, 0.29) is 12.1 Å². The van der Waals surface area contributed by atoms with Gasteiger partial charge in [0.1, 0.15) is 0 Å². The van der Waals surface area contributed by atoms with Crippen molar-refractivity contribution in [2.24, 2.45) is 0 Å². The van der Waals surface area contributed by atoms with Gasteiger partial charge in [0, 0.05) is 25.2 Å². The van der Waals surface area contributed by atoms with Crippen molar-refractivity contribution in [2.75, 3.05) is 26.3 Å². The second kappa shape index (κ2) is 5.79. The normalized spacial score (nSPS) is 30.1. The van der Waals surface area contributed by atoms with Crippen LogP contribution in [-0.4, -0.2) is 63.4 Å². The maximum absolute atomic E-state index is 10.4. The molecule has 0 amide bonds. The zero-order valence-electron chi connectivity index (χ0n) is 12.3. The number of hydrogen-bond acceptors (Lipinski definition) is 5. The van der Waals surface area contributed by atoms with Gasteiger partial charge in [-0.3, -0.25) is 4.90 Å². The van der Waals surface area contributed by atoms with Gasteiger partial charge in [0.25, 0.3) is 0 Å². The van der Waals surface area contributed by atoms with Crippen LogP contribution < -0.4 is 0 Å². The van der Waals surface area contributed by atoms with Crippen molar-refractivity contribution in [3.63, 3.8) is 0 Å². The monoisotopic (exact) mass is 280 g/mol. The predicted octanol–water partition coefficient (Wildman–Crippen LogP) is 0.798. The highest BCUT2D eigenvalue weighted by molar-refractivity contribution is 5.01. The van der Waals surface area contributed by atoms with Gasteiger partial charge >= 0.3 is 0 Å². The lowest BCUT2D eigenvalue weighted by atomic mass is 9.99. The van der Waals surface area contributed by atoms with Crippen LogP contribution in [0.4, 0.5) is 0 Å². The first kappa shape index (κ1) is 14.0. The molecular weight excluding hydrogens is 256 g/mol. The molecule has 2 saturated heterocycles. The smallest absolute Gasteiger partial charge is 0.0892 e. The van der Waals surface area contributed by atoms with E-state index in [0.29, 0.717) is 18.5 Å². The van der Waals surface area contributed by atoms with Gasteiger partial charge in [-0.1, -0.05) is 19.1 Å². The maximum atomic E-state index is 10.4. The quantitative estimate of drug-likeness (QED) is 0.884. The largest absolute Gasteiger partial charge is 0.390 e. The van der Waals surface area contributed by atoms with Crippen molar-refractivity contribution in [3.8, 4) is 0 Å². The minimum absolute atomic E-state index is 0.0533. The summed E-state index contributed by atoms with van der Waals surface area (Å²) >= 11 is 0. The van der Waals surface area contributed by atoms with Crippen LogP contribution >= 0.6 is 0 Å². The lowest BCUT2D eigenvalue weighted by Crippen LogP contribution is -2.55. The topological polar surface area (TPSA) is 63.4 Å². The molecule has 1 N–H and O–H groups in total. The first-order valence-electron chi connectivity index (χ1n) is 7.60. The number of ether oxygens (including phenoxy) is 1. The molecule has 2 aliphatic rings. The molecule has 1 unspecified atom stereocenters. The van der Waals surface area contributed by atoms with Crippen molar-refractivity contribution in [1.82, 2.24) is 19.9 Å². The van der Waals surface area contributed by atoms with Crippen molar-refractivity contribution in [2.45, 2.75) is 50.8 Å². The third kappa shape index (κ3) is 2.60. The van der Waals surface area contributed by atoms with E-state index < -0.39 is 0 Å². The Bertz CT molecular complexity index is 446. The van der Waals surface area contributed by atoms with Crippen molar-refractivity contribution < 1.29 is 9.84 Å². The van der Waals surface area contributed by atoms with Gasteiger partial charge in [0.2, 0.25) is 0 Å². The van der Waals surface area contributed by atoms with Gasteiger partial charge in [-0.15, -0.1) is 5.10 Å². The van der Waals surface area contributed by atoms with Crippen LogP contribution in [0.15, 0.2) is 6.20 Å². The molecule has 3 heterocycles. The Balaban J connectivity index is 1.64. The average molecular weight is 280 g/mol. The van der Waals surface area contributed by atoms with Gasteiger partial charge in [0.05, 0.1) is 37.1 Å². The first-order valence-corrected chi connectivity index (χ1v) is 7.60. The number of rotatable bonds is 4. The molecule has 1 aromatic heterocycles. The van der Waals surface area contributed by atoms with Gasteiger partial charge in [-0.2, -0.15) is 0 Å². The highest BCUT2D eigenvalue weighted by atomic mass is 16.5. The summed E-state index contributed by atoms with van der Waals surface area (Å²) in [6.07, 6.45) is 3.60. The molecule has 0 radical (unpaired) electrons. The minimum Gasteiger partial charge on any atom is -0.390 e. The van der Waals surface area contributed by atoms with Crippen LogP contribution in [0.3, 0.4) is 0 Å². The molecule has 0 aliphatic carbocycles. The highest BCUT2D eigenvalue weighted by Gasteiger charge is 2.35. The molecule has 112 valence electrons. The van der Waals surface area contributed by atoms with Crippen molar-refractivity contribution >= 4 is 0 Å². The molecule has 2 aliphatic heterocycles. The second-order valence-electron chi connectivity index (χ2n) is 6.04. The van der Waals surface area contributed by atoms with Gasteiger partial charge in [-0.05, 0) is 12.8 Å². The van der Waals surface area contributed by atoms with Crippen LogP contribution in [0.1, 0.15) is 44.3 Å². The van der Waals surface area contributed by atoms with Crippen molar-refractivity contribution in [3.05, 3.63) is 11.9 Å². The predicted molar refractivity (Wildman–Crippen MR) is 74.6 cm³/mol. The second-order valence-corrected chi connectivity index (χ2v) is 6.04. The third-order valence-electron chi connectivity index (χ3n) is 4.70. The molecule has 3 atom stereocenters. The molecule has 0 bridgehead atoms. The Hall–Kier alpha value is -0.980. The van der Waals surface area contributed by atoms with Crippen LogP contribution in [0, 0.1) is 0 Å². The molecule has 1 aromatic rings. The Morgan fingerprint density at radius 3 is 2.90 bits per heavy atom. The maximum Gasteiger partial charge on any atom is 0.0892 e. The molecule has 20 heavy (non-hydrogen) atoms.